The van der Waals surface area contributed by atoms with Gasteiger partial charge in [-0.25, -0.2) is 14.4 Å². The third kappa shape index (κ3) is 6.65. The highest BCUT2D eigenvalue weighted by atomic mass is 16.5. The van der Waals surface area contributed by atoms with E-state index in [9.17, 15) is 24.3 Å². The number of methoxy groups -OCH3 is 2. The smallest absolute Gasteiger partial charge is 0.396 e. The van der Waals surface area contributed by atoms with Gasteiger partial charge < -0.3 is 25.2 Å². The molecule has 1 fully saturated rings. The van der Waals surface area contributed by atoms with E-state index >= 15 is 0 Å². The Kier molecular flexibility index (Phi) is 8.93. The summed E-state index contributed by atoms with van der Waals surface area (Å²) in [7, 11) is 2.27. The second-order valence-electron chi connectivity index (χ2n) is 8.11. The number of piperazine rings is 1. The predicted molar refractivity (Wildman–Crippen MR) is 127 cm³/mol. The number of benzene rings is 2. The molecular formula is C25H29N3O7. The summed E-state index contributed by atoms with van der Waals surface area (Å²) in [6.45, 7) is 3.94. The van der Waals surface area contributed by atoms with Gasteiger partial charge in [0.25, 0.3) is 0 Å². The standard InChI is InChI=1S/C25H29N3O7/c1-34-24(32)21(27-22(29)25(33)35-2)14-16-5-3-4-6-19(16)20-8-7-17(23(30)31)13-18(20)15-28-11-9-26-10-12-28/h3-8,13,21,26H,9-12,14-15H2,1-2H3,(H,27,29)(H,30,31)/t21-/m1/s1. The largest absolute Gasteiger partial charge is 0.478 e. The van der Waals surface area contributed by atoms with Gasteiger partial charge in [0.2, 0.25) is 0 Å². The summed E-state index contributed by atoms with van der Waals surface area (Å²) in [5, 5.41) is 15.2. The van der Waals surface area contributed by atoms with E-state index in [0.717, 1.165) is 55.5 Å². The Labute approximate surface area is 203 Å². The number of carbonyl (C=O) groups is 4. The molecule has 1 aliphatic rings. The second-order valence-corrected chi connectivity index (χ2v) is 8.11. The van der Waals surface area contributed by atoms with Crippen LogP contribution in [0, 0.1) is 0 Å². The molecule has 0 radical (unpaired) electrons. The zero-order valence-electron chi connectivity index (χ0n) is 19.7. The van der Waals surface area contributed by atoms with Gasteiger partial charge in [-0.15, -0.1) is 0 Å². The number of hydrogen-bond donors (Lipinski definition) is 3. The molecule has 0 unspecified atom stereocenters. The predicted octanol–water partition coefficient (Wildman–Crippen LogP) is 0.830. The average Bonchev–Trinajstić information content (AvgIpc) is 2.88. The monoisotopic (exact) mass is 483 g/mol. The van der Waals surface area contributed by atoms with Crippen molar-refractivity contribution in [2.24, 2.45) is 0 Å². The first kappa shape index (κ1) is 25.9. The molecule has 3 rings (SSSR count). The highest BCUT2D eigenvalue weighted by Gasteiger charge is 2.27. The number of nitrogens with one attached hydrogen (secondary N) is 2. The number of carbonyl (C=O) groups excluding carboxylic acids is 3. The lowest BCUT2D eigenvalue weighted by atomic mass is 9.91. The van der Waals surface area contributed by atoms with Crippen LogP contribution in [-0.4, -0.2) is 80.3 Å². The summed E-state index contributed by atoms with van der Waals surface area (Å²) < 4.78 is 9.25. The molecule has 35 heavy (non-hydrogen) atoms. The van der Waals surface area contributed by atoms with Gasteiger partial charge in [-0.1, -0.05) is 30.3 Å². The minimum Gasteiger partial charge on any atom is -0.478 e. The number of amides is 1. The molecule has 3 N–H and O–H groups in total. The van der Waals surface area contributed by atoms with E-state index in [1.54, 1.807) is 24.3 Å². The summed E-state index contributed by atoms with van der Waals surface area (Å²) >= 11 is 0. The number of carboxylic acids is 1. The molecule has 0 aliphatic carbocycles. The van der Waals surface area contributed by atoms with Crippen molar-refractivity contribution in [2.75, 3.05) is 40.4 Å². The Balaban J connectivity index is 1.98. The van der Waals surface area contributed by atoms with Crippen LogP contribution in [0.25, 0.3) is 11.1 Å². The number of nitrogens with zero attached hydrogens (tertiary/aromatic N) is 1. The fourth-order valence-corrected chi connectivity index (χ4v) is 4.06. The van der Waals surface area contributed by atoms with E-state index in [0.29, 0.717) is 6.54 Å². The molecule has 186 valence electrons. The van der Waals surface area contributed by atoms with Crippen molar-refractivity contribution in [1.82, 2.24) is 15.5 Å². The fourth-order valence-electron chi connectivity index (χ4n) is 4.06. The first-order valence-corrected chi connectivity index (χ1v) is 11.2. The summed E-state index contributed by atoms with van der Waals surface area (Å²) in [4.78, 5) is 49.9. The molecule has 1 atom stereocenters. The van der Waals surface area contributed by atoms with Crippen molar-refractivity contribution in [1.29, 1.82) is 0 Å². The van der Waals surface area contributed by atoms with E-state index < -0.39 is 29.9 Å². The number of hydrogen-bond acceptors (Lipinski definition) is 8. The van der Waals surface area contributed by atoms with Gasteiger partial charge in [-0.3, -0.25) is 9.69 Å². The van der Waals surface area contributed by atoms with E-state index in [4.69, 9.17) is 4.74 Å². The van der Waals surface area contributed by atoms with Crippen LogP contribution in [0.1, 0.15) is 21.5 Å². The molecule has 2 aromatic rings. The first-order valence-electron chi connectivity index (χ1n) is 11.2. The Morgan fingerprint density at radius 3 is 2.34 bits per heavy atom. The third-order valence-electron chi connectivity index (χ3n) is 5.85. The minimum absolute atomic E-state index is 0.0549. The Morgan fingerprint density at radius 1 is 1.00 bits per heavy atom. The molecule has 1 saturated heterocycles. The van der Waals surface area contributed by atoms with E-state index in [2.05, 4.69) is 20.3 Å². The van der Waals surface area contributed by atoms with Gasteiger partial charge in [-0.2, -0.15) is 0 Å². The zero-order chi connectivity index (χ0) is 25.4. The SMILES string of the molecule is COC(=O)C(=O)N[C@H](Cc1ccccc1-c1ccc(C(=O)O)cc1CN1CCNCC1)C(=O)OC. The maximum absolute atomic E-state index is 12.4. The van der Waals surface area contributed by atoms with Crippen molar-refractivity contribution >= 4 is 23.8 Å². The van der Waals surface area contributed by atoms with Gasteiger partial charge in [0.1, 0.15) is 6.04 Å². The van der Waals surface area contributed by atoms with Gasteiger partial charge in [0.05, 0.1) is 19.8 Å². The molecular weight excluding hydrogens is 454 g/mol. The normalized spacial score (nSPS) is 14.6. The molecule has 10 nitrogen and oxygen atoms in total. The minimum atomic E-state index is -1.12. The van der Waals surface area contributed by atoms with Crippen molar-refractivity contribution in [3.8, 4) is 11.1 Å². The average molecular weight is 484 g/mol. The lowest BCUT2D eigenvalue weighted by Gasteiger charge is -2.28. The van der Waals surface area contributed by atoms with Gasteiger partial charge in [-0.05, 0) is 34.4 Å². The maximum Gasteiger partial charge on any atom is 0.396 e. The van der Waals surface area contributed by atoms with E-state index in [-0.39, 0.29) is 12.0 Å². The van der Waals surface area contributed by atoms with Crippen LogP contribution in [0.4, 0.5) is 0 Å². The Hall–Kier alpha value is -3.76. The molecule has 10 heteroatoms. The molecule has 1 amide bonds. The van der Waals surface area contributed by atoms with Crippen LogP contribution in [0.15, 0.2) is 42.5 Å². The summed E-state index contributed by atoms with van der Waals surface area (Å²) in [5.41, 5.74) is 3.36. The molecule has 1 heterocycles. The second kappa shape index (κ2) is 12.1. The van der Waals surface area contributed by atoms with Crippen LogP contribution in [-0.2, 0) is 36.8 Å². The Morgan fingerprint density at radius 2 is 1.69 bits per heavy atom. The summed E-state index contributed by atoms with van der Waals surface area (Å²) in [5.74, 6) is -3.89. The van der Waals surface area contributed by atoms with Crippen LogP contribution in [0.2, 0.25) is 0 Å². The highest BCUT2D eigenvalue weighted by molar-refractivity contribution is 6.32. The molecule has 1 aliphatic heterocycles. The van der Waals surface area contributed by atoms with E-state index in [1.807, 2.05) is 18.2 Å². The van der Waals surface area contributed by atoms with Crippen LogP contribution in [0.5, 0.6) is 0 Å². The Bertz CT molecular complexity index is 1100. The number of rotatable bonds is 8. The number of ether oxygens (including phenoxy) is 2. The van der Waals surface area contributed by atoms with Crippen molar-refractivity contribution in [3.63, 3.8) is 0 Å². The van der Waals surface area contributed by atoms with Crippen LogP contribution >= 0.6 is 0 Å². The molecule has 0 aromatic heterocycles. The molecule has 2 aromatic carbocycles. The first-order chi connectivity index (χ1) is 16.8. The van der Waals surface area contributed by atoms with Crippen LogP contribution in [0.3, 0.4) is 0 Å². The number of aromatic carboxylic acids is 1. The third-order valence-corrected chi connectivity index (χ3v) is 5.85. The lowest BCUT2D eigenvalue weighted by Crippen LogP contribution is -2.46. The molecule has 0 bridgehead atoms. The summed E-state index contributed by atoms with van der Waals surface area (Å²) in [6, 6.07) is 11.2. The van der Waals surface area contributed by atoms with Gasteiger partial charge >= 0.3 is 23.8 Å². The quantitative estimate of drug-likeness (QED) is 0.369. The van der Waals surface area contributed by atoms with Crippen molar-refractivity contribution in [2.45, 2.75) is 19.0 Å². The highest BCUT2D eigenvalue weighted by Crippen LogP contribution is 2.30. The topological polar surface area (TPSA) is 134 Å². The fraction of sp³-hybridized carbons (Fsp3) is 0.360. The number of esters is 2. The van der Waals surface area contributed by atoms with Crippen molar-refractivity contribution in [3.05, 3.63) is 59.2 Å². The van der Waals surface area contributed by atoms with Crippen LogP contribution < -0.4 is 10.6 Å². The van der Waals surface area contributed by atoms with Gasteiger partial charge in [0, 0.05) is 39.1 Å². The van der Waals surface area contributed by atoms with Crippen molar-refractivity contribution < 1.29 is 33.8 Å². The maximum atomic E-state index is 12.4. The molecule has 0 spiro atoms. The zero-order valence-corrected chi connectivity index (χ0v) is 19.7. The number of carboxylic acid groups (broad SMARTS) is 1. The summed E-state index contributed by atoms with van der Waals surface area (Å²) in [6.07, 6.45) is 0.0549. The molecule has 0 saturated carbocycles. The van der Waals surface area contributed by atoms with Gasteiger partial charge in [0.15, 0.2) is 0 Å². The lowest BCUT2D eigenvalue weighted by molar-refractivity contribution is -0.154. The van der Waals surface area contributed by atoms with E-state index in [1.165, 1.54) is 7.11 Å².